The second kappa shape index (κ2) is 9.84. The molecule has 1 amide bonds. The number of aromatic nitrogens is 1. The van der Waals surface area contributed by atoms with Crippen LogP contribution in [-0.2, 0) is 0 Å². The Hall–Kier alpha value is -4.70. The lowest BCUT2D eigenvalue weighted by atomic mass is 10.1. The first-order chi connectivity index (χ1) is 16.5. The number of nitrogens with zero attached hydrogens (tertiary/aromatic N) is 4. The summed E-state index contributed by atoms with van der Waals surface area (Å²) in [6, 6.07) is 23.8. The molecule has 0 aliphatic heterocycles. The van der Waals surface area contributed by atoms with Crippen LogP contribution in [0.15, 0.2) is 82.3 Å². The Morgan fingerprint density at radius 3 is 2.21 bits per heavy atom. The van der Waals surface area contributed by atoms with Gasteiger partial charge in [-0.15, -0.1) is 0 Å². The van der Waals surface area contributed by atoms with Gasteiger partial charge in [0.15, 0.2) is 0 Å². The van der Waals surface area contributed by atoms with Gasteiger partial charge in [-0.1, -0.05) is 35.4 Å². The fraction of sp³-hybridized carbons (Fsp3) is 0.111. The van der Waals surface area contributed by atoms with Crippen LogP contribution in [0.3, 0.4) is 0 Å². The Morgan fingerprint density at radius 2 is 1.62 bits per heavy atom. The molecule has 0 saturated carbocycles. The number of amides is 1. The molecule has 1 heterocycles. The predicted molar refractivity (Wildman–Crippen MR) is 130 cm³/mol. The summed E-state index contributed by atoms with van der Waals surface area (Å²) >= 11 is 0. The molecule has 3 aromatic carbocycles. The first-order valence-electron chi connectivity index (χ1n) is 10.6. The number of ether oxygens (including phenoxy) is 1. The van der Waals surface area contributed by atoms with Crippen molar-refractivity contribution in [3.8, 4) is 23.3 Å². The van der Waals surface area contributed by atoms with Crippen LogP contribution in [0.5, 0.6) is 5.75 Å². The van der Waals surface area contributed by atoms with E-state index in [-0.39, 0.29) is 17.5 Å². The monoisotopic (exact) mass is 450 g/mol. The number of rotatable bonds is 6. The third kappa shape index (κ3) is 4.87. The van der Waals surface area contributed by atoms with E-state index in [0.717, 1.165) is 21.7 Å². The Bertz CT molecular complexity index is 1360. The summed E-state index contributed by atoms with van der Waals surface area (Å²) < 4.78 is 11.1. The number of nitriles is 1. The molecule has 0 atom stereocenters. The van der Waals surface area contributed by atoms with Crippen LogP contribution in [-0.4, -0.2) is 24.2 Å². The van der Waals surface area contributed by atoms with Gasteiger partial charge in [0.05, 0.1) is 13.3 Å². The van der Waals surface area contributed by atoms with Gasteiger partial charge in [-0.2, -0.15) is 20.4 Å². The highest BCUT2D eigenvalue weighted by molar-refractivity contribution is 6.06. The van der Waals surface area contributed by atoms with E-state index < -0.39 is 5.91 Å². The van der Waals surface area contributed by atoms with E-state index in [2.05, 4.69) is 10.1 Å². The lowest BCUT2D eigenvalue weighted by molar-refractivity contribution is 0.0983. The van der Waals surface area contributed by atoms with Crippen molar-refractivity contribution in [1.29, 1.82) is 5.26 Å². The zero-order valence-electron chi connectivity index (χ0n) is 19.0. The molecule has 0 spiro atoms. The van der Waals surface area contributed by atoms with Crippen molar-refractivity contribution < 1.29 is 13.9 Å². The maximum atomic E-state index is 13.4. The largest absolute Gasteiger partial charge is 0.497 e. The summed E-state index contributed by atoms with van der Waals surface area (Å²) in [4.78, 5) is 17.7. The van der Waals surface area contributed by atoms with Crippen molar-refractivity contribution in [2.75, 3.05) is 12.1 Å². The minimum atomic E-state index is -0.451. The normalized spacial score (nSPS) is 10.8. The molecule has 0 radical (unpaired) electrons. The van der Waals surface area contributed by atoms with Crippen LogP contribution in [0.1, 0.15) is 32.7 Å². The van der Waals surface area contributed by atoms with Crippen LogP contribution >= 0.6 is 0 Å². The number of hydrogen-bond acceptors (Lipinski definition) is 6. The molecule has 0 aliphatic carbocycles. The molecular weight excluding hydrogens is 428 g/mol. The van der Waals surface area contributed by atoms with E-state index in [1.165, 1.54) is 6.21 Å². The van der Waals surface area contributed by atoms with E-state index >= 15 is 0 Å². The third-order valence-corrected chi connectivity index (χ3v) is 5.14. The van der Waals surface area contributed by atoms with E-state index in [4.69, 9.17) is 9.15 Å². The average Bonchev–Trinajstić information content (AvgIpc) is 3.29. The van der Waals surface area contributed by atoms with E-state index in [9.17, 15) is 10.1 Å². The summed E-state index contributed by atoms with van der Waals surface area (Å²) in [5.41, 5.74) is 3.88. The molecule has 7 nitrogen and oxygen atoms in total. The number of hydrazone groups is 1. The number of aryl methyl sites for hydroxylation is 2. The molecule has 34 heavy (non-hydrogen) atoms. The molecule has 0 N–H and O–H groups in total. The molecular formula is C27H22N4O3. The fourth-order valence-electron chi connectivity index (χ4n) is 3.18. The van der Waals surface area contributed by atoms with Crippen LogP contribution in [0.25, 0.3) is 11.5 Å². The van der Waals surface area contributed by atoms with E-state index in [0.29, 0.717) is 16.9 Å². The Balaban J connectivity index is 1.77. The van der Waals surface area contributed by atoms with Crippen molar-refractivity contribution >= 4 is 18.0 Å². The molecule has 168 valence electrons. The highest BCUT2D eigenvalue weighted by atomic mass is 16.5. The standard InChI is InChI=1S/C27H22N4O3/c1-18-4-10-21(11-5-18)25-30-24(16-28)27(34-25)31(26(32)22-12-6-19(2)7-13-22)29-17-20-8-14-23(33-3)15-9-20/h4-15,17H,1-3H3. The molecule has 4 rings (SSSR count). The SMILES string of the molecule is COc1ccc(C=NN(C(=O)c2ccc(C)cc2)c2oc(-c3ccc(C)cc3)nc2C#N)cc1. The minimum Gasteiger partial charge on any atom is -0.497 e. The van der Waals surface area contributed by atoms with Crippen LogP contribution in [0, 0.1) is 25.2 Å². The highest BCUT2D eigenvalue weighted by Crippen LogP contribution is 2.30. The predicted octanol–water partition coefficient (Wildman–Crippen LogP) is 5.52. The molecule has 0 fully saturated rings. The van der Waals surface area contributed by atoms with E-state index in [1.54, 1.807) is 43.5 Å². The Labute approximate surface area is 197 Å². The number of anilines is 1. The zero-order chi connectivity index (χ0) is 24.1. The van der Waals surface area contributed by atoms with Gasteiger partial charge in [-0.3, -0.25) is 4.79 Å². The van der Waals surface area contributed by atoms with Crippen molar-refractivity contribution in [1.82, 2.24) is 4.98 Å². The van der Waals surface area contributed by atoms with Gasteiger partial charge in [0, 0.05) is 11.1 Å². The Kier molecular flexibility index (Phi) is 6.51. The molecule has 0 saturated heterocycles. The van der Waals surface area contributed by atoms with Crippen LogP contribution < -0.4 is 9.75 Å². The zero-order valence-corrected chi connectivity index (χ0v) is 19.0. The summed E-state index contributed by atoms with van der Waals surface area (Å²) in [6.45, 7) is 3.91. The topological polar surface area (TPSA) is 91.7 Å². The van der Waals surface area contributed by atoms with Crippen LogP contribution in [0.2, 0.25) is 0 Å². The first-order valence-corrected chi connectivity index (χ1v) is 10.6. The summed E-state index contributed by atoms with van der Waals surface area (Å²) in [5, 5.41) is 15.2. The van der Waals surface area contributed by atoms with Gasteiger partial charge in [0.25, 0.3) is 11.8 Å². The van der Waals surface area contributed by atoms with Crippen molar-refractivity contribution in [2.24, 2.45) is 5.10 Å². The second-order valence-corrected chi connectivity index (χ2v) is 7.65. The van der Waals surface area contributed by atoms with E-state index in [1.807, 2.05) is 56.3 Å². The van der Waals surface area contributed by atoms with Crippen LogP contribution in [0.4, 0.5) is 5.88 Å². The number of benzene rings is 3. The third-order valence-electron chi connectivity index (χ3n) is 5.14. The number of carbonyl (C=O) groups is 1. The first kappa shape index (κ1) is 22.5. The quantitative estimate of drug-likeness (QED) is 0.285. The lowest BCUT2D eigenvalue weighted by Gasteiger charge is -2.14. The molecule has 0 unspecified atom stereocenters. The number of hydrogen-bond donors (Lipinski definition) is 0. The van der Waals surface area contributed by atoms with Gasteiger partial charge in [-0.05, 0) is 67.9 Å². The van der Waals surface area contributed by atoms with Gasteiger partial charge >= 0.3 is 0 Å². The fourth-order valence-corrected chi connectivity index (χ4v) is 3.18. The minimum absolute atomic E-state index is 0.0390. The summed E-state index contributed by atoms with van der Waals surface area (Å²) in [5.74, 6) is 0.434. The van der Waals surface area contributed by atoms with Gasteiger partial charge in [0.1, 0.15) is 11.8 Å². The van der Waals surface area contributed by atoms with Crippen molar-refractivity contribution in [2.45, 2.75) is 13.8 Å². The summed E-state index contributed by atoms with van der Waals surface area (Å²) in [7, 11) is 1.59. The molecule has 1 aromatic heterocycles. The second-order valence-electron chi connectivity index (χ2n) is 7.65. The maximum Gasteiger partial charge on any atom is 0.281 e. The van der Waals surface area contributed by atoms with Gasteiger partial charge in [-0.25, -0.2) is 0 Å². The lowest BCUT2D eigenvalue weighted by Crippen LogP contribution is -2.26. The maximum absolute atomic E-state index is 13.4. The number of oxazole rings is 1. The summed E-state index contributed by atoms with van der Waals surface area (Å²) in [6.07, 6.45) is 1.51. The molecule has 0 aliphatic rings. The van der Waals surface area contributed by atoms with Crippen molar-refractivity contribution in [3.63, 3.8) is 0 Å². The highest BCUT2D eigenvalue weighted by Gasteiger charge is 2.26. The molecule has 7 heteroatoms. The molecule has 4 aromatic rings. The number of carbonyl (C=O) groups excluding carboxylic acids is 1. The smallest absolute Gasteiger partial charge is 0.281 e. The van der Waals surface area contributed by atoms with Gasteiger partial charge in [0.2, 0.25) is 11.6 Å². The van der Waals surface area contributed by atoms with Crippen molar-refractivity contribution in [3.05, 3.63) is 101 Å². The number of methoxy groups -OCH3 is 1. The average molecular weight is 450 g/mol. The molecule has 0 bridgehead atoms. The van der Waals surface area contributed by atoms with Gasteiger partial charge < -0.3 is 9.15 Å². The Morgan fingerprint density at radius 1 is 1.00 bits per heavy atom.